The molecule has 0 atom stereocenters. The van der Waals surface area contributed by atoms with E-state index in [1.807, 2.05) is 27.7 Å². The third-order valence-electron chi connectivity index (χ3n) is 4.36. The van der Waals surface area contributed by atoms with Gasteiger partial charge in [0.25, 0.3) is 0 Å². The Morgan fingerprint density at radius 1 is 0.885 bits per heavy atom. The van der Waals surface area contributed by atoms with E-state index in [1.165, 1.54) is 0 Å². The molecule has 4 heteroatoms. The maximum atomic E-state index is 12.9. The summed E-state index contributed by atoms with van der Waals surface area (Å²) in [6.45, 7) is 15.0. The zero-order chi connectivity index (χ0) is 19.9. The van der Waals surface area contributed by atoms with Crippen molar-refractivity contribution in [3.63, 3.8) is 0 Å². The van der Waals surface area contributed by atoms with Crippen molar-refractivity contribution in [1.29, 1.82) is 0 Å². The molecule has 0 unspecified atom stereocenters. The molecule has 0 N–H and O–H groups in total. The van der Waals surface area contributed by atoms with Crippen LogP contribution in [0.15, 0.2) is 11.1 Å². The van der Waals surface area contributed by atoms with Gasteiger partial charge in [-0.1, -0.05) is 61.3 Å². The van der Waals surface area contributed by atoms with Crippen LogP contribution in [-0.2, 0) is 19.1 Å². The molecule has 1 aliphatic rings. The summed E-state index contributed by atoms with van der Waals surface area (Å²) in [5, 5.41) is 0. The van der Waals surface area contributed by atoms with Crippen LogP contribution in [0.1, 0.15) is 80.6 Å². The first-order valence-corrected chi connectivity index (χ1v) is 10.1. The van der Waals surface area contributed by atoms with Crippen molar-refractivity contribution < 1.29 is 19.1 Å². The largest absolute Gasteiger partial charge is 0.462 e. The van der Waals surface area contributed by atoms with Crippen molar-refractivity contribution in [2.24, 2.45) is 23.2 Å². The number of hydrogen-bond acceptors (Lipinski definition) is 4. The monoisotopic (exact) mass is 366 g/mol. The molecule has 0 heterocycles. The molecule has 0 bridgehead atoms. The summed E-state index contributed by atoms with van der Waals surface area (Å²) in [6.07, 6.45) is 4.59. The minimum atomic E-state index is -0.350. The minimum absolute atomic E-state index is 0.110. The van der Waals surface area contributed by atoms with E-state index >= 15 is 0 Å². The third kappa shape index (κ3) is 7.92. The Morgan fingerprint density at radius 3 is 1.77 bits per heavy atom. The summed E-state index contributed by atoms with van der Waals surface area (Å²) in [4.78, 5) is 25.8. The van der Waals surface area contributed by atoms with Crippen LogP contribution in [-0.4, -0.2) is 25.2 Å². The zero-order valence-corrected chi connectivity index (χ0v) is 17.8. The first-order valence-electron chi connectivity index (χ1n) is 10.1. The molecule has 0 aliphatic heterocycles. The van der Waals surface area contributed by atoms with Crippen LogP contribution in [0.4, 0.5) is 0 Å². The highest BCUT2D eigenvalue weighted by Crippen LogP contribution is 2.37. The summed E-state index contributed by atoms with van der Waals surface area (Å²) >= 11 is 0. The normalized spacial score (nSPS) is 16.8. The van der Waals surface area contributed by atoms with Gasteiger partial charge in [0.15, 0.2) is 0 Å². The number of carbonyl (C=O) groups is 2. The lowest BCUT2D eigenvalue weighted by Crippen LogP contribution is -2.25. The van der Waals surface area contributed by atoms with Crippen molar-refractivity contribution >= 4 is 11.9 Å². The molecular formula is C22H38O4. The minimum Gasteiger partial charge on any atom is -0.462 e. The number of hydrogen-bond donors (Lipinski definition) is 0. The molecule has 0 aromatic heterocycles. The van der Waals surface area contributed by atoms with Gasteiger partial charge in [0, 0.05) is 5.57 Å². The summed E-state index contributed by atoms with van der Waals surface area (Å²) in [5.41, 5.74) is 0.986. The molecule has 26 heavy (non-hydrogen) atoms. The molecule has 0 aromatic rings. The first-order chi connectivity index (χ1) is 12.0. The van der Waals surface area contributed by atoms with E-state index in [0.29, 0.717) is 30.8 Å². The fourth-order valence-electron chi connectivity index (χ4n) is 3.21. The van der Waals surface area contributed by atoms with E-state index in [2.05, 4.69) is 20.8 Å². The van der Waals surface area contributed by atoms with Gasteiger partial charge in [-0.15, -0.1) is 0 Å². The van der Waals surface area contributed by atoms with Crippen LogP contribution in [0.2, 0.25) is 0 Å². The highest BCUT2D eigenvalue weighted by molar-refractivity contribution is 6.00. The predicted molar refractivity (Wildman–Crippen MR) is 105 cm³/mol. The van der Waals surface area contributed by atoms with Crippen molar-refractivity contribution in [1.82, 2.24) is 0 Å². The van der Waals surface area contributed by atoms with Gasteiger partial charge in [-0.2, -0.15) is 0 Å². The molecule has 1 rings (SSSR count). The smallest absolute Gasteiger partial charge is 0.334 e. The second-order valence-corrected chi connectivity index (χ2v) is 9.60. The van der Waals surface area contributed by atoms with E-state index in [4.69, 9.17) is 9.47 Å². The molecule has 4 nitrogen and oxygen atoms in total. The van der Waals surface area contributed by atoms with E-state index < -0.39 is 0 Å². The number of rotatable bonds is 8. The van der Waals surface area contributed by atoms with Gasteiger partial charge >= 0.3 is 11.9 Å². The molecule has 1 aliphatic carbocycles. The predicted octanol–water partition coefficient (Wildman–Crippen LogP) is 5.31. The molecule has 0 saturated heterocycles. The van der Waals surface area contributed by atoms with Gasteiger partial charge < -0.3 is 9.47 Å². The van der Waals surface area contributed by atoms with Crippen molar-refractivity contribution in [3.8, 4) is 0 Å². The number of esters is 2. The van der Waals surface area contributed by atoms with Crippen LogP contribution < -0.4 is 0 Å². The van der Waals surface area contributed by atoms with Crippen LogP contribution in [0.5, 0.6) is 0 Å². The maximum absolute atomic E-state index is 12.9. The zero-order valence-electron chi connectivity index (χ0n) is 17.8. The number of carbonyl (C=O) groups excluding carboxylic acids is 2. The second-order valence-electron chi connectivity index (χ2n) is 9.60. The van der Waals surface area contributed by atoms with Gasteiger partial charge in [-0.3, -0.25) is 0 Å². The lowest BCUT2D eigenvalue weighted by atomic mass is 9.82. The molecule has 1 fully saturated rings. The summed E-state index contributed by atoms with van der Waals surface area (Å²) < 4.78 is 11.1. The van der Waals surface area contributed by atoms with Crippen LogP contribution >= 0.6 is 0 Å². The van der Waals surface area contributed by atoms with Crippen molar-refractivity contribution in [3.05, 3.63) is 11.1 Å². The number of ether oxygens (including phenoxy) is 2. The summed E-state index contributed by atoms with van der Waals surface area (Å²) in [5.74, 6) is -0.0395. The average Bonchev–Trinajstić information content (AvgIpc) is 3.02. The Hall–Kier alpha value is -1.32. The summed E-state index contributed by atoms with van der Waals surface area (Å²) in [7, 11) is 0. The SMILES string of the molecule is CC(C)COC(=O)C(CC(C)(C)C)=C(C(=O)OCC(C)C)C1CCCC1. The molecule has 1 saturated carbocycles. The molecule has 0 aromatic carbocycles. The van der Waals surface area contributed by atoms with Crippen LogP contribution in [0, 0.1) is 23.2 Å². The van der Waals surface area contributed by atoms with Gasteiger partial charge in [0.2, 0.25) is 0 Å². The van der Waals surface area contributed by atoms with Crippen molar-refractivity contribution in [2.75, 3.05) is 13.2 Å². The van der Waals surface area contributed by atoms with Gasteiger partial charge in [0.1, 0.15) is 0 Å². The first kappa shape index (κ1) is 22.7. The lowest BCUT2D eigenvalue weighted by Gasteiger charge is -2.25. The molecule has 0 radical (unpaired) electrons. The average molecular weight is 367 g/mol. The van der Waals surface area contributed by atoms with Gasteiger partial charge in [-0.05, 0) is 42.4 Å². The Balaban J connectivity index is 3.24. The Morgan fingerprint density at radius 2 is 1.35 bits per heavy atom. The van der Waals surface area contributed by atoms with E-state index in [1.54, 1.807) is 0 Å². The van der Waals surface area contributed by atoms with Gasteiger partial charge in [0.05, 0.1) is 18.8 Å². The van der Waals surface area contributed by atoms with Gasteiger partial charge in [-0.25, -0.2) is 9.59 Å². The third-order valence-corrected chi connectivity index (χ3v) is 4.36. The molecule has 150 valence electrons. The van der Waals surface area contributed by atoms with E-state index in [9.17, 15) is 9.59 Å². The summed E-state index contributed by atoms with van der Waals surface area (Å²) in [6, 6.07) is 0. The Bertz CT molecular complexity index is 503. The van der Waals surface area contributed by atoms with E-state index in [-0.39, 0.29) is 35.1 Å². The van der Waals surface area contributed by atoms with E-state index in [0.717, 1.165) is 25.7 Å². The highest BCUT2D eigenvalue weighted by atomic mass is 16.5. The fourth-order valence-corrected chi connectivity index (χ4v) is 3.21. The standard InChI is InChI=1S/C22H38O4/c1-15(2)13-25-20(23)18(12-22(5,6)7)19(17-10-8-9-11-17)21(24)26-14-16(3)4/h15-17H,8-14H2,1-7H3. The highest BCUT2D eigenvalue weighted by Gasteiger charge is 2.33. The molecule has 0 spiro atoms. The maximum Gasteiger partial charge on any atom is 0.334 e. The van der Waals surface area contributed by atoms with Crippen molar-refractivity contribution in [2.45, 2.75) is 80.6 Å². The molecule has 0 amide bonds. The second kappa shape index (κ2) is 10.1. The van der Waals surface area contributed by atoms with Crippen LogP contribution in [0.3, 0.4) is 0 Å². The molecular weight excluding hydrogens is 328 g/mol. The topological polar surface area (TPSA) is 52.6 Å². The fraction of sp³-hybridized carbons (Fsp3) is 0.818. The Kier molecular flexibility index (Phi) is 8.85. The van der Waals surface area contributed by atoms with Crippen LogP contribution in [0.25, 0.3) is 0 Å². The lowest BCUT2D eigenvalue weighted by molar-refractivity contribution is -0.144. The quantitative estimate of drug-likeness (QED) is 0.431. The Labute approximate surface area is 159 Å².